The van der Waals surface area contributed by atoms with Crippen molar-refractivity contribution in [2.45, 2.75) is 38.7 Å². The predicted octanol–water partition coefficient (Wildman–Crippen LogP) is 2.25. The lowest BCUT2D eigenvalue weighted by atomic mass is 9.98. The van der Waals surface area contributed by atoms with Gasteiger partial charge in [0.05, 0.1) is 5.60 Å². The zero-order chi connectivity index (χ0) is 13.0. The molecule has 0 aromatic carbocycles. The number of pyridine rings is 1. The van der Waals surface area contributed by atoms with Crippen LogP contribution in [-0.4, -0.2) is 35.3 Å². The van der Waals surface area contributed by atoms with E-state index in [1.54, 1.807) is 0 Å². The summed E-state index contributed by atoms with van der Waals surface area (Å²) in [6.07, 6.45) is 4.59. The van der Waals surface area contributed by atoms with Crippen molar-refractivity contribution in [1.29, 1.82) is 0 Å². The summed E-state index contributed by atoms with van der Waals surface area (Å²) in [4.78, 5) is 6.63. The molecule has 0 spiro atoms. The third-order valence-electron chi connectivity index (χ3n) is 3.53. The highest BCUT2D eigenvalue weighted by atomic mass is 16.3. The van der Waals surface area contributed by atoms with Gasteiger partial charge in [0.15, 0.2) is 0 Å². The second-order valence-corrected chi connectivity index (χ2v) is 5.27. The average molecular weight is 249 g/mol. The first-order valence-electron chi connectivity index (χ1n) is 6.78. The molecule has 2 heterocycles. The molecule has 1 unspecified atom stereocenters. The fourth-order valence-electron chi connectivity index (χ4n) is 2.42. The van der Waals surface area contributed by atoms with E-state index < -0.39 is 5.60 Å². The Balaban J connectivity index is 2.08. The first-order valence-corrected chi connectivity index (χ1v) is 6.78. The number of nitrogens with zero attached hydrogens (tertiary/aromatic N) is 2. The van der Waals surface area contributed by atoms with E-state index in [9.17, 15) is 5.11 Å². The van der Waals surface area contributed by atoms with Crippen LogP contribution in [0.25, 0.3) is 0 Å². The number of rotatable bonds is 3. The van der Waals surface area contributed by atoms with Gasteiger partial charge in [0.1, 0.15) is 5.82 Å². The lowest BCUT2D eigenvalue weighted by Gasteiger charge is -2.24. The second kappa shape index (κ2) is 5.57. The molecule has 2 N–H and O–H groups in total. The summed E-state index contributed by atoms with van der Waals surface area (Å²) in [6.45, 7) is 6.80. The van der Waals surface area contributed by atoms with Crippen LogP contribution in [0.15, 0.2) is 18.3 Å². The van der Waals surface area contributed by atoms with Crippen LogP contribution in [0.5, 0.6) is 0 Å². The van der Waals surface area contributed by atoms with Crippen molar-refractivity contribution in [3.05, 3.63) is 18.3 Å². The molecule has 0 amide bonds. The standard InChI is InChI=1S/C14H23N3O/c1-3-15-13-11-12(5-8-16-13)17-9-4-6-14(2,18)7-10-17/h5,8,11,18H,3-4,6-7,9-10H2,1-2H3,(H,15,16). The monoisotopic (exact) mass is 249 g/mol. The van der Waals surface area contributed by atoms with Gasteiger partial charge in [-0.3, -0.25) is 0 Å². The first kappa shape index (κ1) is 13.1. The van der Waals surface area contributed by atoms with Gasteiger partial charge in [0, 0.05) is 37.6 Å². The molecular weight excluding hydrogens is 226 g/mol. The highest BCUT2D eigenvalue weighted by Gasteiger charge is 2.25. The Hall–Kier alpha value is -1.29. The molecule has 1 aromatic rings. The minimum atomic E-state index is -0.508. The highest BCUT2D eigenvalue weighted by molar-refractivity contribution is 5.53. The summed E-state index contributed by atoms with van der Waals surface area (Å²) in [5.74, 6) is 0.922. The lowest BCUT2D eigenvalue weighted by Crippen LogP contribution is -2.28. The molecule has 1 atom stereocenters. The second-order valence-electron chi connectivity index (χ2n) is 5.27. The van der Waals surface area contributed by atoms with E-state index in [0.717, 1.165) is 44.7 Å². The Kier molecular flexibility index (Phi) is 4.07. The van der Waals surface area contributed by atoms with E-state index in [1.807, 2.05) is 19.2 Å². The van der Waals surface area contributed by atoms with E-state index in [-0.39, 0.29) is 0 Å². The van der Waals surface area contributed by atoms with Crippen molar-refractivity contribution in [3.8, 4) is 0 Å². The molecule has 1 aliphatic heterocycles. The number of hydrogen-bond donors (Lipinski definition) is 2. The Morgan fingerprint density at radius 3 is 3.06 bits per heavy atom. The van der Waals surface area contributed by atoms with Crippen LogP contribution in [0.2, 0.25) is 0 Å². The Morgan fingerprint density at radius 2 is 2.28 bits per heavy atom. The zero-order valence-electron chi connectivity index (χ0n) is 11.3. The summed E-state index contributed by atoms with van der Waals surface area (Å²) in [5.41, 5.74) is 0.686. The largest absolute Gasteiger partial charge is 0.390 e. The van der Waals surface area contributed by atoms with Crippen LogP contribution in [0.1, 0.15) is 33.1 Å². The maximum Gasteiger partial charge on any atom is 0.127 e. The molecule has 1 fully saturated rings. The minimum absolute atomic E-state index is 0.508. The smallest absolute Gasteiger partial charge is 0.127 e. The summed E-state index contributed by atoms with van der Waals surface area (Å²) in [5, 5.41) is 13.3. The van der Waals surface area contributed by atoms with Gasteiger partial charge in [0.2, 0.25) is 0 Å². The third kappa shape index (κ3) is 3.35. The summed E-state index contributed by atoms with van der Waals surface area (Å²) < 4.78 is 0. The summed E-state index contributed by atoms with van der Waals surface area (Å²) in [7, 11) is 0. The summed E-state index contributed by atoms with van der Waals surface area (Å²) >= 11 is 0. The van der Waals surface area contributed by atoms with Crippen molar-refractivity contribution in [1.82, 2.24) is 4.98 Å². The van der Waals surface area contributed by atoms with Crippen molar-refractivity contribution in [2.24, 2.45) is 0 Å². The van der Waals surface area contributed by atoms with Gasteiger partial charge >= 0.3 is 0 Å². The fraction of sp³-hybridized carbons (Fsp3) is 0.643. The van der Waals surface area contributed by atoms with Crippen LogP contribution in [0.3, 0.4) is 0 Å². The normalized spacial score (nSPS) is 24.7. The summed E-state index contributed by atoms with van der Waals surface area (Å²) in [6, 6.07) is 4.13. The van der Waals surface area contributed by atoms with Gasteiger partial charge < -0.3 is 15.3 Å². The number of hydrogen-bond acceptors (Lipinski definition) is 4. The van der Waals surface area contributed by atoms with E-state index in [0.29, 0.717) is 0 Å². The minimum Gasteiger partial charge on any atom is -0.390 e. The molecule has 2 rings (SSSR count). The van der Waals surface area contributed by atoms with Gasteiger partial charge in [0.25, 0.3) is 0 Å². The Labute approximate surface area is 109 Å². The molecule has 18 heavy (non-hydrogen) atoms. The molecule has 0 saturated carbocycles. The van der Waals surface area contributed by atoms with E-state index in [4.69, 9.17) is 0 Å². The molecule has 0 bridgehead atoms. The number of aliphatic hydroxyl groups is 1. The van der Waals surface area contributed by atoms with Gasteiger partial charge in [-0.15, -0.1) is 0 Å². The fourth-order valence-corrected chi connectivity index (χ4v) is 2.42. The lowest BCUT2D eigenvalue weighted by molar-refractivity contribution is 0.0481. The molecule has 1 aromatic heterocycles. The average Bonchev–Trinajstić information content (AvgIpc) is 2.51. The van der Waals surface area contributed by atoms with Gasteiger partial charge in [-0.1, -0.05) is 0 Å². The number of anilines is 2. The van der Waals surface area contributed by atoms with Crippen LogP contribution in [-0.2, 0) is 0 Å². The van der Waals surface area contributed by atoms with E-state index in [1.165, 1.54) is 5.69 Å². The van der Waals surface area contributed by atoms with Crippen molar-refractivity contribution in [2.75, 3.05) is 29.9 Å². The first-order chi connectivity index (χ1) is 8.61. The quantitative estimate of drug-likeness (QED) is 0.862. The van der Waals surface area contributed by atoms with Crippen LogP contribution in [0.4, 0.5) is 11.5 Å². The predicted molar refractivity (Wildman–Crippen MR) is 75.1 cm³/mol. The topological polar surface area (TPSA) is 48.4 Å². The third-order valence-corrected chi connectivity index (χ3v) is 3.53. The molecular formula is C14H23N3O. The highest BCUT2D eigenvalue weighted by Crippen LogP contribution is 2.25. The SMILES string of the molecule is CCNc1cc(N2CCCC(C)(O)CC2)ccn1. The molecule has 100 valence electrons. The van der Waals surface area contributed by atoms with Crippen molar-refractivity contribution < 1.29 is 5.11 Å². The molecule has 1 saturated heterocycles. The number of aromatic nitrogens is 1. The van der Waals surface area contributed by atoms with Crippen molar-refractivity contribution in [3.63, 3.8) is 0 Å². The van der Waals surface area contributed by atoms with E-state index in [2.05, 4.69) is 28.2 Å². The molecule has 4 nitrogen and oxygen atoms in total. The molecule has 4 heteroatoms. The van der Waals surface area contributed by atoms with Crippen LogP contribution >= 0.6 is 0 Å². The van der Waals surface area contributed by atoms with Crippen molar-refractivity contribution >= 4 is 11.5 Å². The molecule has 1 aliphatic rings. The molecule has 0 aliphatic carbocycles. The maximum atomic E-state index is 10.1. The Bertz CT molecular complexity index is 392. The van der Waals surface area contributed by atoms with Crippen LogP contribution < -0.4 is 10.2 Å². The van der Waals surface area contributed by atoms with Crippen LogP contribution in [0, 0.1) is 0 Å². The van der Waals surface area contributed by atoms with Gasteiger partial charge in [-0.25, -0.2) is 4.98 Å². The number of nitrogens with one attached hydrogen (secondary N) is 1. The Morgan fingerprint density at radius 1 is 1.44 bits per heavy atom. The van der Waals surface area contributed by atoms with E-state index >= 15 is 0 Å². The van der Waals surface area contributed by atoms with Gasteiger partial charge in [-0.05, 0) is 39.2 Å². The maximum absolute atomic E-state index is 10.1. The van der Waals surface area contributed by atoms with Gasteiger partial charge in [-0.2, -0.15) is 0 Å². The molecule has 0 radical (unpaired) electrons. The zero-order valence-corrected chi connectivity index (χ0v) is 11.3.